The molecule has 98 valence electrons. The summed E-state index contributed by atoms with van der Waals surface area (Å²) in [5, 5.41) is 18.2. The smallest absolute Gasteiger partial charge is 0.100 e. The summed E-state index contributed by atoms with van der Waals surface area (Å²) in [6.45, 7) is 0. The van der Waals surface area contributed by atoms with Gasteiger partial charge in [-0.15, -0.1) is 0 Å². The van der Waals surface area contributed by atoms with E-state index in [2.05, 4.69) is 44.0 Å². The maximum atomic E-state index is 9.10. The second-order valence-electron chi connectivity index (χ2n) is 3.67. The largest absolute Gasteiger partial charge is 0.192 e. The minimum Gasteiger partial charge on any atom is -0.192 e. The Morgan fingerprint density at radius 2 is 1.15 bits per heavy atom. The quantitative estimate of drug-likeness (QED) is 0.587. The Hall–Kier alpha value is -0.920. The van der Waals surface area contributed by atoms with Crippen molar-refractivity contribution in [3.63, 3.8) is 0 Å². The molecular formula is C14H6Br2N2S2. The Kier molecular flexibility index (Phi) is 5.56. The van der Waals surface area contributed by atoms with Crippen LogP contribution in [0.5, 0.6) is 0 Å². The summed E-state index contributed by atoms with van der Waals surface area (Å²) < 4.78 is 1.85. The monoisotopic (exact) mass is 424 g/mol. The van der Waals surface area contributed by atoms with Crippen molar-refractivity contribution >= 4 is 53.4 Å². The first-order valence-electron chi connectivity index (χ1n) is 5.38. The van der Waals surface area contributed by atoms with Gasteiger partial charge in [0.05, 0.1) is 11.1 Å². The van der Waals surface area contributed by atoms with Gasteiger partial charge in [-0.2, -0.15) is 10.5 Å². The highest BCUT2D eigenvalue weighted by Gasteiger charge is 2.08. The van der Waals surface area contributed by atoms with Crippen LogP contribution in [0.15, 0.2) is 55.1 Å². The molecule has 0 spiro atoms. The molecule has 0 aliphatic heterocycles. The molecule has 0 aromatic heterocycles. The van der Waals surface area contributed by atoms with Gasteiger partial charge in [0.25, 0.3) is 0 Å². The Morgan fingerprint density at radius 3 is 1.50 bits per heavy atom. The molecule has 2 aromatic rings. The summed E-state index contributed by atoms with van der Waals surface area (Å²) >= 11 is 6.80. The molecule has 0 N–H and O–H groups in total. The van der Waals surface area contributed by atoms with E-state index in [-0.39, 0.29) is 0 Å². The summed E-state index contributed by atoms with van der Waals surface area (Å²) in [6.07, 6.45) is 0. The van der Waals surface area contributed by atoms with Crippen LogP contribution < -0.4 is 0 Å². The average molecular weight is 426 g/mol. The molecule has 0 aliphatic carbocycles. The first-order valence-corrected chi connectivity index (χ1v) is 9.11. The highest BCUT2D eigenvalue weighted by Crippen LogP contribution is 2.41. The Bertz CT molecular complexity index is 669. The van der Waals surface area contributed by atoms with Gasteiger partial charge in [0.1, 0.15) is 12.1 Å². The van der Waals surface area contributed by atoms with E-state index in [1.54, 1.807) is 12.1 Å². The normalized spacial score (nSPS) is 9.80. The van der Waals surface area contributed by atoms with Crippen molar-refractivity contribution < 1.29 is 0 Å². The molecule has 0 bridgehead atoms. The molecule has 0 saturated heterocycles. The van der Waals surface area contributed by atoms with E-state index in [0.29, 0.717) is 11.1 Å². The SMILES string of the molecule is N#Cc1ccc(Br)cc1SSc1cc(Br)ccc1C#N. The van der Waals surface area contributed by atoms with E-state index < -0.39 is 0 Å². The first-order chi connectivity index (χ1) is 9.63. The number of hydrogen-bond acceptors (Lipinski definition) is 4. The van der Waals surface area contributed by atoms with Crippen LogP contribution in [-0.4, -0.2) is 0 Å². The van der Waals surface area contributed by atoms with Gasteiger partial charge < -0.3 is 0 Å². The predicted octanol–water partition coefficient (Wildman–Crippen LogP) is 5.75. The lowest BCUT2D eigenvalue weighted by Gasteiger charge is -2.06. The van der Waals surface area contributed by atoms with Crippen molar-refractivity contribution in [3.05, 3.63) is 56.5 Å². The second-order valence-corrected chi connectivity index (χ2v) is 7.72. The van der Waals surface area contributed by atoms with Crippen LogP contribution in [0.25, 0.3) is 0 Å². The van der Waals surface area contributed by atoms with Crippen LogP contribution in [0.3, 0.4) is 0 Å². The number of nitriles is 2. The van der Waals surface area contributed by atoms with Crippen molar-refractivity contribution in [2.45, 2.75) is 9.79 Å². The summed E-state index contributed by atoms with van der Waals surface area (Å²) in [4.78, 5) is 1.74. The van der Waals surface area contributed by atoms with Crippen LogP contribution in [0.4, 0.5) is 0 Å². The average Bonchev–Trinajstić information content (AvgIpc) is 2.45. The lowest BCUT2D eigenvalue weighted by molar-refractivity contribution is 1.35. The van der Waals surface area contributed by atoms with Gasteiger partial charge in [0, 0.05) is 18.7 Å². The minimum atomic E-state index is 0.624. The van der Waals surface area contributed by atoms with Gasteiger partial charge in [0.2, 0.25) is 0 Å². The molecule has 0 unspecified atom stereocenters. The van der Waals surface area contributed by atoms with Gasteiger partial charge >= 0.3 is 0 Å². The molecule has 2 aromatic carbocycles. The van der Waals surface area contributed by atoms with E-state index in [9.17, 15) is 0 Å². The van der Waals surface area contributed by atoms with Gasteiger partial charge in [-0.25, -0.2) is 0 Å². The third-order valence-electron chi connectivity index (χ3n) is 2.35. The Balaban J connectivity index is 2.26. The highest BCUT2D eigenvalue weighted by atomic mass is 79.9. The zero-order valence-corrected chi connectivity index (χ0v) is 14.7. The number of rotatable bonds is 3. The molecule has 0 amide bonds. The molecule has 0 heterocycles. The number of hydrogen-bond donors (Lipinski definition) is 0. The lowest BCUT2D eigenvalue weighted by atomic mass is 10.2. The van der Waals surface area contributed by atoms with Gasteiger partial charge in [-0.3, -0.25) is 0 Å². The zero-order valence-electron chi connectivity index (χ0n) is 9.93. The van der Waals surface area contributed by atoms with Crippen molar-refractivity contribution in [2.75, 3.05) is 0 Å². The standard InChI is InChI=1S/C14H6Br2N2S2/c15-11-3-1-9(7-17)13(5-11)19-20-14-6-12(16)4-2-10(14)8-18/h1-6H. The van der Waals surface area contributed by atoms with Gasteiger partial charge in [-0.1, -0.05) is 53.4 Å². The van der Waals surface area contributed by atoms with Crippen LogP contribution in [0, 0.1) is 22.7 Å². The topological polar surface area (TPSA) is 47.6 Å². The van der Waals surface area contributed by atoms with Gasteiger partial charge in [0.15, 0.2) is 0 Å². The third-order valence-corrected chi connectivity index (χ3v) is 5.78. The summed E-state index contributed by atoms with van der Waals surface area (Å²) in [5.74, 6) is 0. The molecule has 0 radical (unpaired) electrons. The molecule has 0 atom stereocenters. The number of benzene rings is 2. The minimum absolute atomic E-state index is 0.624. The van der Waals surface area contributed by atoms with E-state index in [4.69, 9.17) is 10.5 Å². The first kappa shape index (κ1) is 15.5. The van der Waals surface area contributed by atoms with Crippen molar-refractivity contribution in [1.29, 1.82) is 10.5 Å². The van der Waals surface area contributed by atoms with E-state index >= 15 is 0 Å². The fourth-order valence-electron chi connectivity index (χ4n) is 1.40. The lowest BCUT2D eigenvalue weighted by Crippen LogP contribution is -1.82. The Morgan fingerprint density at radius 1 is 0.750 bits per heavy atom. The molecule has 20 heavy (non-hydrogen) atoms. The zero-order chi connectivity index (χ0) is 14.5. The molecule has 0 saturated carbocycles. The number of nitrogens with zero attached hydrogens (tertiary/aromatic N) is 2. The van der Waals surface area contributed by atoms with Crippen molar-refractivity contribution in [3.8, 4) is 12.1 Å². The van der Waals surface area contributed by atoms with E-state index in [0.717, 1.165) is 18.7 Å². The van der Waals surface area contributed by atoms with Crippen LogP contribution in [-0.2, 0) is 0 Å². The van der Waals surface area contributed by atoms with Crippen molar-refractivity contribution in [1.82, 2.24) is 0 Å². The van der Waals surface area contributed by atoms with Crippen LogP contribution >= 0.6 is 53.4 Å². The molecular weight excluding hydrogens is 420 g/mol. The van der Waals surface area contributed by atoms with Crippen LogP contribution in [0.2, 0.25) is 0 Å². The fraction of sp³-hybridized carbons (Fsp3) is 0. The summed E-state index contributed by atoms with van der Waals surface area (Å²) in [6, 6.07) is 15.4. The second kappa shape index (κ2) is 7.19. The molecule has 2 nitrogen and oxygen atoms in total. The molecule has 6 heteroatoms. The fourth-order valence-corrected chi connectivity index (χ4v) is 4.73. The van der Waals surface area contributed by atoms with Crippen LogP contribution in [0.1, 0.15) is 11.1 Å². The highest BCUT2D eigenvalue weighted by molar-refractivity contribution is 9.10. The predicted molar refractivity (Wildman–Crippen MR) is 89.4 cm³/mol. The van der Waals surface area contributed by atoms with E-state index in [1.807, 2.05) is 24.3 Å². The maximum Gasteiger partial charge on any atom is 0.100 e. The Labute approximate surface area is 141 Å². The van der Waals surface area contributed by atoms with E-state index in [1.165, 1.54) is 21.6 Å². The summed E-state index contributed by atoms with van der Waals surface area (Å²) in [7, 11) is 2.94. The maximum absolute atomic E-state index is 9.10. The third kappa shape index (κ3) is 3.80. The number of halogens is 2. The molecule has 2 rings (SSSR count). The summed E-state index contributed by atoms with van der Waals surface area (Å²) in [5.41, 5.74) is 1.25. The molecule has 0 aliphatic rings. The van der Waals surface area contributed by atoms with Crippen molar-refractivity contribution in [2.24, 2.45) is 0 Å². The van der Waals surface area contributed by atoms with Gasteiger partial charge in [-0.05, 0) is 36.4 Å². The molecule has 0 fully saturated rings.